The molecule has 0 unspecified atom stereocenters. The summed E-state index contributed by atoms with van der Waals surface area (Å²) in [6.07, 6.45) is 0. The maximum Gasteiger partial charge on any atom is 0.215 e. The van der Waals surface area contributed by atoms with Crippen molar-refractivity contribution < 1.29 is 12.8 Å². The third-order valence-corrected chi connectivity index (χ3v) is 6.75. The van der Waals surface area contributed by atoms with Crippen LogP contribution in [0, 0.1) is 5.82 Å². The Kier molecular flexibility index (Phi) is 10.5. The highest BCUT2D eigenvalue weighted by Gasteiger charge is 2.22. The van der Waals surface area contributed by atoms with Gasteiger partial charge in [0, 0.05) is 58.5 Å². The Bertz CT molecular complexity index is 718. The van der Waals surface area contributed by atoms with E-state index in [1.54, 1.807) is 19.2 Å². The monoisotopic (exact) mass is 527 g/mol. The van der Waals surface area contributed by atoms with E-state index in [1.165, 1.54) is 16.4 Å². The van der Waals surface area contributed by atoms with E-state index in [2.05, 4.69) is 20.1 Å². The average Bonchev–Trinajstić information content (AvgIpc) is 2.67. The second-order valence-electron chi connectivity index (χ2n) is 6.32. The van der Waals surface area contributed by atoms with Gasteiger partial charge in [-0.05, 0) is 24.3 Å². The zero-order chi connectivity index (χ0) is 19.9. The van der Waals surface area contributed by atoms with Crippen molar-refractivity contribution in [3.63, 3.8) is 0 Å². The Hall–Kier alpha value is -1.14. The zero-order valence-electron chi connectivity index (χ0n) is 16.8. The Morgan fingerprint density at radius 2 is 1.71 bits per heavy atom. The lowest BCUT2D eigenvalue weighted by Gasteiger charge is -2.37. The van der Waals surface area contributed by atoms with E-state index in [1.807, 2.05) is 13.8 Å². The molecule has 1 N–H and O–H groups in total. The number of rotatable bonds is 7. The molecule has 0 radical (unpaired) electrons. The molecule has 1 heterocycles. The highest BCUT2D eigenvalue weighted by Crippen LogP contribution is 2.16. The number of halogens is 2. The van der Waals surface area contributed by atoms with Crippen LogP contribution in [0.25, 0.3) is 0 Å². The van der Waals surface area contributed by atoms with Gasteiger partial charge in [-0.25, -0.2) is 17.1 Å². The van der Waals surface area contributed by atoms with Gasteiger partial charge >= 0.3 is 0 Å². The van der Waals surface area contributed by atoms with Crippen LogP contribution in [0.3, 0.4) is 0 Å². The number of hydrogen-bond donors (Lipinski definition) is 1. The number of nitrogens with one attached hydrogen (secondary N) is 1. The molecule has 28 heavy (non-hydrogen) atoms. The van der Waals surface area contributed by atoms with Gasteiger partial charge in [-0.3, -0.25) is 4.99 Å². The van der Waals surface area contributed by atoms with Crippen molar-refractivity contribution in [2.45, 2.75) is 13.8 Å². The van der Waals surface area contributed by atoms with Gasteiger partial charge in [-0.2, -0.15) is 0 Å². The summed E-state index contributed by atoms with van der Waals surface area (Å²) < 4.78 is 39.1. The molecule has 7 nitrogen and oxygen atoms in total. The first-order valence-corrected chi connectivity index (χ1v) is 11.0. The van der Waals surface area contributed by atoms with Gasteiger partial charge in [0.05, 0.1) is 5.75 Å². The van der Waals surface area contributed by atoms with Crippen molar-refractivity contribution in [1.82, 2.24) is 14.5 Å². The van der Waals surface area contributed by atoms with Crippen LogP contribution in [-0.2, 0) is 10.0 Å². The van der Waals surface area contributed by atoms with Crippen LogP contribution in [-0.4, -0.2) is 82.2 Å². The zero-order valence-corrected chi connectivity index (χ0v) is 19.9. The Morgan fingerprint density at radius 1 is 1.14 bits per heavy atom. The molecule has 0 aliphatic carbocycles. The molecule has 0 bridgehead atoms. The fourth-order valence-corrected chi connectivity index (χ4v) is 4.60. The summed E-state index contributed by atoms with van der Waals surface area (Å²) >= 11 is 0. The summed E-state index contributed by atoms with van der Waals surface area (Å²) in [5.41, 5.74) is 1.00. The number of sulfonamides is 1. The van der Waals surface area contributed by atoms with E-state index < -0.39 is 10.0 Å². The van der Waals surface area contributed by atoms with Crippen molar-refractivity contribution in [3.05, 3.63) is 30.1 Å². The van der Waals surface area contributed by atoms with Gasteiger partial charge in [0.2, 0.25) is 10.0 Å². The van der Waals surface area contributed by atoms with Gasteiger partial charge < -0.3 is 15.1 Å². The molecule has 10 heteroatoms. The Labute approximate surface area is 185 Å². The summed E-state index contributed by atoms with van der Waals surface area (Å²) in [6.45, 7) is 8.09. The molecule has 1 aliphatic rings. The SMILES string of the molecule is CCN(CC)S(=O)(=O)CCNC(=NC)N1CCN(c2ccc(F)cc2)CC1.I. The largest absolute Gasteiger partial charge is 0.368 e. The number of anilines is 1. The van der Waals surface area contributed by atoms with Crippen LogP contribution in [0.5, 0.6) is 0 Å². The quantitative estimate of drug-likeness (QED) is 0.333. The molecular formula is C18H31FIN5O2S. The van der Waals surface area contributed by atoms with Gasteiger partial charge in [0.25, 0.3) is 0 Å². The summed E-state index contributed by atoms with van der Waals surface area (Å²) in [6, 6.07) is 6.52. The number of nitrogens with zero attached hydrogens (tertiary/aromatic N) is 4. The van der Waals surface area contributed by atoms with Gasteiger partial charge in [-0.1, -0.05) is 13.8 Å². The van der Waals surface area contributed by atoms with E-state index in [0.717, 1.165) is 31.9 Å². The first kappa shape index (κ1) is 24.9. The number of hydrogen-bond acceptors (Lipinski definition) is 4. The van der Waals surface area contributed by atoms with Crippen molar-refractivity contribution in [2.24, 2.45) is 4.99 Å². The minimum absolute atomic E-state index is 0. The molecule has 1 fully saturated rings. The lowest BCUT2D eigenvalue weighted by atomic mass is 10.2. The average molecular weight is 527 g/mol. The topological polar surface area (TPSA) is 68.2 Å². The summed E-state index contributed by atoms with van der Waals surface area (Å²) in [7, 11) is -1.55. The highest BCUT2D eigenvalue weighted by atomic mass is 127. The van der Waals surface area contributed by atoms with Gasteiger partial charge in [0.1, 0.15) is 5.82 Å². The fourth-order valence-electron chi connectivity index (χ4n) is 3.20. The van der Waals surface area contributed by atoms with E-state index in [9.17, 15) is 12.8 Å². The third-order valence-electron chi connectivity index (χ3n) is 4.72. The second-order valence-corrected chi connectivity index (χ2v) is 8.41. The smallest absolute Gasteiger partial charge is 0.215 e. The first-order chi connectivity index (χ1) is 12.9. The number of aliphatic imine (C=N–C) groups is 1. The van der Waals surface area contributed by atoms with Crippen LogP contribution in [0.2, 0.25) is 0 Å². The highest BCUT2D eigenvalue weighted by molar-refractivity contribution is 14.0. The second kappa shape index (κ2) is 11.8. The van der Waals surface area contributed by atoms with Crippen molar-refractivity contribution in [3.8, 4) is 0 Å². The molecule has 160 valence electrons. The van der Waals surface area contributed by atoms with Crippen LogP contribution in [0.15, 0.2) is 29.3 Å². The molecule has 0 aromatic heterocycles. The normalized spacial score (nSPS) is 15.5. The summed E-state index contributed by atoms with van der Waals surface area (Å²) in [4.78, 5) is 8.60. The number of piperazine rings is 1. The summed E-state index contributed by atoms with van der Waals surface area (Å²) in [5.74, 6) is 0.522. The van der Waals surface area contributed by atoms with Crippen molar-refractivity contribution in [2.75, 3.05) is 63.5 Å². The Morgan fingerprint density at radius 3 is 2.21 bits per heavy atom. The minimum Gasteiger partial charge on any atom is -0.368 e. The molecule has 0 spiro atoms. The van der Waals surface area contributed by atoms with E-state index in [-0.39, 0.29) is 35.5 Å². The minimum atomic E-state index is -3.25. The summed E-state index contributed by atoms with van der Waals surface area (Å²) in [5, 5.41) is 3.16. The first-order valence-electron chi connectivity index (χ1n) is 9.35. The molecular weight excluding hydrogens is 496 g/mol. The van der Waals surface area contributed by atoms with Crippen molar-refractivity contribution in [1.29, 1.82) is 0 Å². The molecule has 1 aromatic carbocycles. The molecule has 2 rings (SSSR count). The molecule has 1 saturated heterocycles. The molecule has 0 atom stereocenters. The van der Waals surface area contributed by atoms with Crippen LogP contribution in [0.1, 0.15) is 13.8 Å². The van der Waals surface area contributed by atoms with E-state index >= 15 is 0 Å². The number of benzene rings is 1. The standard InChI is InChI=1S/C18H30FN5O2S.HI/c1-4-24(5-2)27(25,26)15-10-21-18(20-3)23-13-11-22(12-14-23)17-8-6-16(19)7-9-17;/h6-9H,4-5,10-15H2,1-3H3,(H,20,21);1H. The maximum atomic E-state index is 13.1. The fraction of sp³-hybridized carbons (Fsp3) is 0.611. The van der Waals surface area contributed by atoms with E-state index in [4.69, 9.17) is 0 Å². The lowest BCUT2D eigenvalue weighted by Crippen LogP contribution is -2.53. The predicted molar refractivity (Wildman–Crippen MR) is 124 cm³/mol. The molecule has 0 saturated carbocycles. The molecule has 0 amide bonds. The van der Waals surface area contributed by atoms with Crippen LogP contribution >= 0.6 is 24.0 Å². The lowest BCUT2D eigenvalue weighted by molar-refractivity contribution is 0.373. The third kappa shape index (κ3) is 6.73. The van der Waals surface area contributed by atoms with Gasteiger partial charge in [0.15, 0.2) is 5.96 Å². The van der Waals surface area contributed by atoms with Gasteiger partial charge in [-0.15, -0.1) is 24.0 Å². The Balaban J connectivity index is 0.00000392. The number of guanidine groups is 1. The van der Waals surface area contributed by atoms with E-state index in [0.29, 0.717) is 25.6 Å². The van der Waals surface area contributed by atoms with Crippen molar-refractivity contribution >= 4 is 45.6 Å². The molecule has 1 aliphatic heterocycles. The maximum absolute atomic E-state index is 13.1. The van der Waals surface area contributed by atoms with Crippen LogP contribution < -0.4 is 10.2 Å². The van der Waals surface area contributed by atoms with Crippen LogP contribution in [0.4, 0.5) is 10.1 Å². The molecule has 1 aromatic rings. The predicted octanol–water partition coefficient (Wildman–Crippen LogP) is 1.81.